The Morgan fingerprint density at radius 3 is 2.50 bits per heavy atom. The van der Waals surface area contributed by atoms with Crippen molar-refractivity contribution in [2.75, 3.05) is 6.54 Å². The highest BCUT2D eigenvalue weighted by Crippen LogP contribution is 2.47. The predicted octanol–water partition coefficient (Wildman–Crippen LogP) is 2.72. The van der Waals surface area contributed by atoms with Crippen molar-refractivity contribution in [2.45, 2.75) is 57.9 Å². The van der Waals surface area contributed by atoms with Crippen LogP contribution in [0.15, 0.2) is 0 Å². The highest BCUT2D eigenvalue weighted by molar-refractivity contribution is 5.85. The molecule has 3 rings (SSSR count). The van der Waals surface area contributed by atoms with Gasteiger partial charge in [0.05, 0.1) is 5.92 Å². The van der Waals surface area contributed by atoms with Gasteiger partial charge in [0.15, 0.2) is 0 Å². The molecule has 4 heteroatoms. The van der Waals surface area contributed by atoms with E-state index in [-0.39, 0.29) is 30.3 Å². The summed E-state index contributed by atoms with van der Waals surface area (Å²) in [6.45, 7) is 3.21. The fourth-order valence-corrected chi connectivity index (χ4v) is 4.77. The van der Waals surface area contributed by atoms with Gasteiger partial charge in [0.2, 0.25) is 5.91 Å². The lowest BCUT2D eigenvalue weighted by atomic mass is 9.80. The maximum atomic E-state index is 12.4. The number of nitrogens with one attached hydrogen (secondary N) is 1. The minimum atomic E-state index is 0. The summed E-state index contributed by atoms with van der Waals surface area (Å²) in [7, 11) is 0. The molecule has 0 spiro atoms. The number of nitrogens with two attached hydrogens (primary N) is 1. The van der Waals surface area contributed by atoms with Crippen LogP contribution in [0, 0.1) is 29.6 Å². The summed E-state index contributed by atoms with van der Waals surface area (Å²) in [6.07, 6.45) is 8.96. The fourth-order valence-electron chi connectivity index (χ4n) is 4.77. The molecule has 3 saturated carbocycles. The van der Waals surface area contributed by atoms with Gasteiger partial charge in [0, 0.05) is 12.6 Å². The van der Waals surface area contributed by atoms with Crippen LogP contribution in [0.1, 0.15) is 51.9 Å². The van der Waals surface area contributed by atoms with Gasteiger partial charge in [-0.1, -0.05) is 26.2 Å². The molecule has 6 unspecified atom stereocenters. The van der Waals surface area contributed by atoms with E-state index in [4.69, 9.17) is 5.73 Å². The van der Waals surface area contributed by atoms with E-state index in [9.17, 15) is 4.79 Å². The van der Waals surface area contributed by atoms with Crippen molar-refractivity contribution in [1.29, 1.82) is 0 Å². The molecule has 0 aliphatic heterocycles. The molecule has 20 heavy (non-hydrogen) atoms. The van der Waals surface area contributed by atoms with Crippen molar-refractivity contribution in [3.63, 3.8) is 0 Å². The van der Waals surface area contributed by atoms with Gasteiger partial charge in [-0.2, -0.15) is 0 Å². The third-order valence-electron chi connectivity index (χ3n) is 6.11. The second-order valence-corrected chi connectivity index (χ2v) is 7.20. The summed E-state index contributed by atoms with van der Waals surface area (Å²) >= 11 is 0. The second kappa shape index (κ2) is 6.65. The number of hydrogen-bond donors (Lipinski definition) is 2. The number of fused-ring (bicyclic) bond motifs is 2. The number of halogens is 1. The van der Waals surface area contributed by atoms with Crippen LogP contribution in [0.25, 0.3) is 0 Å². The highest BCUT2D eigenvalue weighted by Gasteiger charge is 2.49. The maximum absolute atomic E-state index is 12.4. The summed E-state index contributed by atoms with van der Waals surface area (Å²) in [4.78, 5) is 12.4. The van der Waals surface area contributed by atoms with E-state index < -0.39 is 0 Å². The zero-order chi connectivity index (χ0) is 13.4. The van der Waals surface area contributed by atoms with Crippen molar-refractivity contribution in [2.24, 2.45) is 35.3 Å². The SMILES string of the molecule is CC1CCCCC1CNC(=O)C1C2CCC(C2)C1N.Cl. The summed E-state index contributed by atoms with van der Waals surface area (Å²) < 4.78 is 0. The molecule has 1 amide bonds. The first-order valence-electron chi connectivity index (χ1n) is 8.20. The van der Waals surface area contributed by atoms with Gasteiger partial charge in [0.1, 0.15) is 0 Å². The van der Waals surface area contributed by atoms with E-state index in [1.54, 1.807) is 0 Å². The minimum Gasteiger partial charge on any atom is -0.356 e. The molecule has 0 aromatic heterocycles. The normalized spacial score (nSPS) is 43.1. The molecule has 6 atom stereocenters. The Bertz CT molecular complexity index is 347. The molecule has 3 fully saturated rings. The average Bonchev–Trinajstić information content (AvgIpc) is 2.98. The van der Waals surface area contributed by atoms with Crippen LogP contribution in [-0.2, 0) is 4.79 Å². The van der Waals surface area contributed by atoms with Crippen LogP contribution < -0.4 is 11.1 Å². The highest BCUT2D eigenvalue weighted by atomic mass is 35.5. The zero-order valence-corrected chi connectivity index (χ0v) is 13.3. The van der Waals surface area contributed by atoms with Crippen LogP contribution in [0.2, 0.25) is 0 Å². The molecule has 3 aliphatic rings. The van der Waals surface area contributed by atoms with Crippen LogP contribution in [0.4, 0.5) is 0 Å². The number of carbonyl (C=O) groups is 1. The smallest absolute Gasteiger partial charge is 0.224 e. The van der Waals surface area contributed by atoms with E-state index in [2.05, 4.69) is 12.2 Å². The van der Waals surface area contributed by atoms with Crippen molar-refractivity contribution in [3.05, 3.63) is 0 Å². The molecule has 0 saturated heterocycles. The van der Waals surface area contributed by atoms with Crippen LogP contribution in [-0.4, -0.2) is 18.5 Å². The second-order valence-electron chi connectivity index (χ2n) is 7.20. The molecule has 0 aromatic carbocycles. The van der Waals surface area contributed by atoms with Crippen molar-refractivity contribution < 1.29 is 4.79 Å². The Morgan fingerprint density at radius 2 is 1.85 bits per heavy atom. The van der Waals surface area contributed by atoms with Crippen LogP contribution >= 0.6 is 12.4 Å². The number of carbonyl (C=O) groups excluding carboxylic acids is 1. The first-order valence-corrected chi connectivity index (χ1v) is 8.20. The van der Waals surface area contributed by atoms with E-state index in [1.165, 1.54) is 44.9 Å². The van der Waals surface area contributed by atoms with E-state index in [0.29, 0.717) is 17.8 Å². The number of amides is 1. The predicted molar refractivity (Wildman–Crippen MR) is 83.7 cm³/mol. The standard InChI is InChI=1S/C16H28N2O.ClH/c1-10-4-2-3-5-13(10)9-18-16(19)14-11-6-7-12(8-11)15(14)17;/h10-15H,2-9,17H2,1H3,(H,18,19);1H. The Balaban J connectivity index is 0.00000147. The monoisotopic (exact) mass is 300 g/mol. The number of hydrogen-bond acceptors (Lipinski definition) is 2. The molecule has 3 N–H and O–H groups in total. The lowest BCUT2D eigenvalue weighted by Crippen LogP contribution is -2.46. The van der Waals surface area contributed by atoms with Gasteiger partial charge in [-0.3, -0.25) is 4.79 Å². The molecule has 3 nitrogen and oxygen atoms in total. The summed E-state index contributed by atoms with van der Waals surface area (Å²) in [5.74, 6) is 3.00. The van der Waals surface area contributed by atoms with Crippen molar-refractivity contribution >= 4 is 18.3 Å². The van der Waals surface area contributed by atoms with Gasteiger partial charge < -0.3 is 11.1 Å². The van der Waals surface area contributed by atoms with Crippen molar-refractivity contribution in [1.82, 2.24) is 5.32 Å². The largest absolute Gasteiger partial charge is 0.356 e. The molecule has 0 radical (unpaired) electrons. The van der Waals surface area contributed by atoms with E-state index in [0.717, 1.165) is 12.5 Å². The number of rotatable bonds is 3. The van der Waals surface area contributed by atoms with E-state index >= 15 is 0 Å². The lowest BCUT2D eigenvalue weighted by molar-refractivity contribution is -0.127. The molecule has 116 valence electrons. The van der Waals surface area contributed by atoms with Gasteiger partial charge in [-0.05, 0) is 49.4 Å². The molecule has 2 bridgehead atoms. The first kappa shape index (κ1) is 16.1. The summed E-state index contributed by atoms with van der Waals surface area (Å²) in [6, 6.07) is 0.127. The average molecular weight is 301 g/mol. The third-order valence-corrected chi connectivity index (χ3v) is 6.11. The Kier molecular flexibility index (Phi) is 5.36. The maximum Gasteiger partial charge on any atom is 0.224 e. The molecule has 3 aliphatic carbocycles. The lowest BCUT2D eigenvalue weighted by Gasteiger charge is -2.31. The molecular weight excluding hydrogens is 272 g/mol. The Hall–Kier alpha value is -0.280. The van der Waals surface area contributed by atoms with Gasteiger partial charge in [-0.15, -0.1) is 12.4 Å². The minimum absolute atomic E-state index is 0. The topological polar surface area (TPSA) is 55.1 Å². The third kappa shape index (κ3) is 2.99. The van der Waals surface area contributed by atoms with Crippen LogP contribution in [0.5, 0.6) is 0 Å². The van der Waals surface area contributed by atoms with E-state index in [1.807, 2.05) is 0 Å². The van der Waals surface area contributed by atoms with Gasteiger partial charge >= 0.3 is 0 Å². The molecule has 0 aromatic rings. The fraction of sp³-hybridized carbons (Fsp3) is 0.938. The van der Waals surface area contributed by atoms with Crippen LogP contribution in [0.3, 0.4) is 0 Å². The summed E-state index contributed by atoms with van der Waals surface area (Å²) in [5.41, 5.74) is 6.24. The van der Waals surface area contributed by atoms with Gasteiger partial charge in [0.25, 0.3) is 0 Å². The Morgan fingerprint density at radius 1 is 1.15 bits per heavy atom. The summed E-state index contributed by atoms with van der Waals surface area (Å²) in [5, 5.41) is 3.22. The zero-order valence-electron chi connectivity index (χ0n) is 12.5. The Labute approximate surface area is 128 Å². The van der Waals surface area contributed by atoms with Gasteiger partial charge in [-0.25, -0.2) is 0 Å². The first-order chi connectivity index (χ1) is 9.16. The molecule has 0 heterocycles. The quantitative estimate of drug-likeness (QED) is 0.842. The molecular formula is C16H29ClN2O. The van der Waals surface area contributed by atoms with Crippen molar-refractivity contribution in [3.8, 4) is 0 Å².